The van der Waals surface area contributed by atoms with Crippen molar-refractivity contribution in [2.24, 2.45) is 7.05 Å². The third kappa shape index (κ3) is 2.73. The number of aromatic nitrogens is 1. The summed E-state index contributed by atoms with van der Waals surface area (Å²) in [7, 11) is 2.02. The minimum atomic E-state index is -0.0198. The number of nitrogens with one attached hydrogen (secondary N) is 1. The van der Waals surface area contributed by atoms with Crippen molar-refractivity contribution in [2.45, 2.75) is 19.2 Å². The topological polar surface area (TPSA) is 37.3 Å². The highest BCUT2D eigenvalue weighted by Crippen LogP contribution is 2.38. The molecule has 1 unspecified atom stereocenters. The number of hydrogen-bond donors (Lipinski definition) is 1. The van der Waals surface area contributed by atoms with E-state index in [2.05, 4.69) is 16.0 Å². The van der Waals surface area contributed by atoms with Gasteiger partial charge in [0.05, 0.1) is 5.69 Å². The van der Waals surface area contributed by atoms with Crippen LogP contribution in [0.4, 0.5) is 10.5 Å². The molecule has 0 bridgehead atoms. The maximum atomic E-state index is 12.7. The molecule has 22 heavy (non-hydrogen) atoms. The van der Waals surface area contributed by atoms with E-state index in [-0.39, 0.29) is 11.4 Å². The molecule has 2 aromatic rings. The van der Waals surface area contributed by atoms with Crippen LogP contribution in [0.5, 0.6) is 0 Å². The van der Waals surface area contributed by atoms with Gasteiger partial charge >= 0.3 is 6.03 Å². The molecule has 2 heterocycles. The Bertz CT molecular complexity index is 675. The minimum Gasteiger partial charge on any atom is -0.352 e. The van der Waals surface area contributed by atoms with E-state index in [4.69, 9.17) is 0 Å². The summed E-state index contributed by atoms with van der Waals surface area (Å²) in [6.45, 7) is 4.82. The molecule has 1 saturated heterocycles. The highest BCUT2D eigenvalue weighted by Gasteiger charge is 2.32. The number of para-hydroxylation sites is 1. The third-order valence-corrected chi connectivity index (χ3v) is 5.33. The normalized spacial score (nSPS) is 17.8. The number of benzene rings is 1. The molecule has 0 aliphatic carbocycles. The fourth-order valence-electron chi connectivity index (χ4n) is 2.84. The van der Waals surface area contributed by atoms with Crippen molar-refractivity contribution in [2.75, 3.05) is 17.6 Å². The first-order valence-corrected chi connectivity index (χ1v) is 8.49. The molecule has 1 N–H and O–H groups in total. The van der Waals surface area contributed by atoms with Crippen molar-refractivity contribution in [3.05, 3.63) is 53.3 Å². The summed E-state index contributed by atoms with van der Waals surface area (Å²) in [4.78, 5) is 14.7. The Balaban J connectivity index is 1.81. The van der Waals surface area contributed by atoms with Gasteiger partial charge in [0, 0.05) is 31.2 Å². The van der Waals surface area contributed by atoms with Crippen LogP contribution in [-0.4, -0.2) is 27.8 Å². The SMILES string of the molecule is Cc1cccc(C)c1NC(=O)N1CCSC1c1cccn1C. The molecule has 1 aliphatic heterocycles. The standard InChI is InChI=1S/C17H21N3OS/c1-12-6-4-7-13(2)15(12)18-17(21)20-10-11-22-16(20)14-8-5-9-19(14)3/h4-9,16H,10-11H2,1-3H3,(H,18,21). The highest BCUT2D eigenvalue weighted by molar-refractivity contribution is 7.99. The Morgan fingerprint density at radius 2 is 1.95 bits per heavy atom. The van der Waals surface area contributed by atoms with Gasteiger partial charge in [0.2, 0.25) is 0 Å². The summed E-state index contributed by atoms with van der Waals surface area (Å²) in [5.41, 5.74) is 4.28. The lowest BCUT2D eigenvalue weighted by molar-refractivity contribution is 0.213. The Hall–Kier alpha value is -1.88. The summed E-state index contributed by atoms with van der Waals surface area (Å²) in [6, 6.07) is 10.1. The van der Waals surface area contributed by atoms with Crippen LogP contribution in [0.15, 0.2) is 36.5 Å². The zero-order chi connectivity index (χ0) is 15.7. The van der Waals surface area contributed by atoms with Gasteiger partial charge in [-0.2, -0.15) is 0 Å². The molecular weight excluding hydrogens is 294 g/mol. The number of rotatable bonds is 2. The number of aryl methyl sites for hydroxylation is 3. The van der Waals surface area contributed by atoms with Crippen LogP contribution in [-0.2, 0) is 7.05 Å². The number of amides is 2. The zero-order valence-electron chi connectivity index (χ0n) is 13.2. The summed E-state index contributed by atoms with van der Waals surface area (Å²) in [5, 5.41) is 3.18. The van der Waals surface area contributed by atoms with E-state index in [0.717, 1.165) is 29.1 Å². The van der Waals surface area contributed by atoms with Gasteiger partial charge in [-0.25, -0.2) is 4.79 Å². The molecule has 1 aromatic heterocycles. The molecule has 116 valence electrons. The summed E-state index contributed by atoms with van der Waals surface area (Å²) < 4.78 is 2.09. The fraction of sp³-hybridized carbons (Fsp3) is 0.353. The molecule has 0 saturated carbocycles. The van der Waals surface area contributed by atoms with Gasteiger partial charge in [0.15, 0.2) is 0 Å². The first-order valence-electron chi connectivity index (χ1n) is 7.44. The average Bonchev–Trinajstić information content (AvgIpc) is 3.11. The Labute approximate surface area is 135 Å². The highest BCUT2D eigenvalue weighted by atomic mass is 32.2. The Morgan fingerprint density at radius 1 is 1.23 bits per heavy atom. The van der Waals surface area contributed by atoms with Crippen molar-refractivity contribution in [1.82, 2.24) is 9.47 Å². The van der Waals surface area contributed by atoms with Crippen LogP contribution in [0.3, 0.4) is 0 Å². The van der Waals surface area contributed by atoms with Crippen LogP contribution in [0, 0.1) is 13.8 Å². The van der Waals surface area contributed by atoms with E-state index in [0.29, 0.717) is 0 Å². The molecule has 1 atom stereocenters. The van der Waals surface area contributed by atoms with E-state index >= 15 is 0 Å². The monoisotopic (exact) mass is 315 g/mol. The van der Waals surface area contributed by atoms with Crippen LogP contribution < -0.4 is 5.32 Å². The van der Waals surface area contributed by atoms with Gasteiger partial charge in [-0.05, 0) is 37.1 Å². The molecular formula is C17H21N3OS. The maximum absolute atomic E-state index is 12.7. The second-order valence-electron chi connectivity index (χ2n) is 5.66. The van der Waals surface area contributed by atoms with E-state index in [1.54, 1.807) is 0 Å². The van der Waals surface area contributed by atoms with Gasteiger partial charge < -0.3 is 14.8 Å². The Kier molecular flexibility index (Phi) is 4.16. The smallest absolute Gasteiger partial charge is 0.323 e. The number of carbonyl (C=O) groups is 1. The number of nitrogens with zero attached hydrogens (tertiary/aromatic N) is 2. The predicted octanol–water partition coefficient (Wildman–Crippen LogP) is 3.92. The molecule has 2 amide bonds. The first kappa shape index (κ1) is 15.0. The number of thioether (sulfide) groups is 1. The Morgan fingerprint density at radius 3 is 2.59 bits per heavy atom. The van der Waals surface area contributed by atoms with Gasteiger partial charge in [0.1, 0.15) is 5.37 Å². The average molecular weight is 315 g/mol. The van der Waals surface area contributed by atoms with Crippen molar-refractivity contribution in [3.63, 3.8) is 0 Å². The molecule has 4 nitrogen and oxygen atoms in total. The fourth-order valence-corrected chi connectivity index (χ4v) is 4.17. The molecule has 1 aromatic carbocycles. The molecule has 0 radical (unpaired) electrons. The van der Waals surface area contributed by atoms with Gasteiger partial charge in [0.25, 0.3) is 0 Å². The van der Waals surface area contributed by atoms with Crippen molar-refractivity contribution in [1.29, 1.82) is 0 Å². The van der Waals surface area contributed by atoms with Gasteiger partial charge in [-0.15, -0.1) is 11.8 Å². The van der Waals surface area contributed by atoms with Crippen LogP contribution in [0.1, 0.15) is 22.2 Å². The number of anilines is 1. The minimum absolute atomic E-state index is 0.0198. The lowest BCUT2D eigenvalue weighted by Crippen LogP contribution is -2.35. The number of urea groups is 1. The third-order valence-electron chi connectivity index (χ3n) is 4.10. The second kappa shape index (κ2) is 6.08. The molecule has 1 aliphatic rings. The number of hydrogen-bond acceptors (Lipinski definition) is 2. The lowest BCUT2D eigenvalue weighted by Gasteiger charge is -2.25. The summed E-state index contributed by atoms with van der Waals surface area (Å²) >= 11 is 1.81. The molecule has 3 rings (SSSR count). The van der Waals surface area contributed by atoms with E-state index in [9.17, 15) is 4.79 Å². The predicted molar refractivity (Wildman–Crippen MR) is 92.3 cm³/mol. The van der Waals surface area contributed by atoms with Gasteiger partial charge in [-0.1, -0.05) is 18.2 Å². The summed E-state index contributed by atoms with van der Waals surface area (Å²) in [5.74, 6) is 0.968. The molecule has 0 spiro atoms. The lowest BCUT2D eigenvalue weighted by atomic mass is 10.1. The zero-order valence-corrected chi connectivity index (χ0v) is 14.0. The summed E-state index contributed by atoms with van der Waals surface area (Å²) in [6.07, 6.45) is 2.02. The van der Waals surface area contributed by atoms with Crippen molar-refractivity contribution < 1.29 is 4.79 Å². The van der Waals surface area contributed by atoms with Crippen LogP contribution >= 0.6 is 11.8 Å². The molecule has 5 heteroatoms. The van der Waals surface area contributed by atoms with E-state index in [1.165, 1.54) is 5.69 Å². The molecule has 1 fully saturated rings. The first-order chi connectivity index (χ1) is 10.6. The van der Waals surface area contributed by atoms with Crippen molar-refractivity contribution >= 4 is 23.5 Å². The van der Waals surface area contributed by atoms with Crippen LogP contribution in [0.2, 0.25) is 0 Å². The largest absolute Gasteiger partial charge is 0.352 e. The van der Waals surface area contributed by atoms with E-state index < -0.39 is 0 Å². The van der Waals surface area contributed by atoms with E-state index in [1.807, 2.05) is 68.0 Å². The van der Waals surface area contributed by atoms with Gasteiger partial charge in [-0.3, -0.25) is 0 Å². The maximum Gasteiger partial charge on any atom is 0.323 e. The number of carbonyl (C=O) groups excluding carboxylic acids is 1. The quantitative estimate of drug-likeness (QED) is 0.912. The van der Waals surface area contributed by atoms with Crippen LogP contribution in [0.25, 0.3) is 0 Å². The second-order valence-corrected chi connectivity index (χ2v) is 6.85. The van der Waals surface area contributed by atoms with Crippen molar-refractivity contribution in [3.8, 4) is 0 Å².